The molecule has 0 spiro atoms. The number of guanidine groups is 1. The van der Waals surface area contributed by atoms with Crippen LogP contribution in [-0.4, -0.2) is 51.0 Å². The summed E-state index contributed by atoms with van der Waals surface area (Å²) in [6.07, 6.45) is 1.58. The highest BCUT2D eigenvalue weighted by atomic mass is 127. The lowest BCUT2D eigenvalue weighted by Gasteiger charge is -2.55. The first-order valence-electron chi connectivity index (χ1n) is 8.20. The first kappa shape index (κ1) is 18.3. The molecule has 3 rings (SSSR count). The van der Waals surface area contributed by atoms with E-state index in [1.807, 2.05) is 0 Å². The molecule has 5 nitrogen and oxygen atoms in total. The summed E-state index contributed by atoms with van der Waals surface area (Å²) in [7, 11) is 0. The van der Waals surface area contributed by atoms with Crippen LogP contribution in [0.1, 0.15) is 34.1 Å². The first-order valence-corrected chi connectivity index (χ1v) is 8.20. The van der Waals surface area contributed by atoms with E-state index in [0.29, 0.717) is 18.1 Å². The maximum atomic E-state index is 5.86. The van der Waals surface area contributed by atoms with Crippen molar-refractivity contribution in [3.8, 4) is 0 Å². The largest absolute Gasteiger partial charge is 0.380 e. The minimum absolute atomic E-state index is 0. The van der Waals surface area contributed by atoms with Gasteiger partial charge in [-0.25, -0.2) is 0 Å². The number of hydrogen-bond acceptors (Lipinski definition) is 3. The molecular weight excluding hydrogens is 393 g/mol. The van der Waals surface area contributed by atoms with Gasteiger partial charge in [-0.05, 0) is 13.3 Å². The van der Waals surface area contributed by atoms with Crippen LogP contribution in [0.5, 0.6) is 0 Å². The third-order valence-corrected chi connectivity index (χ3v) is 5.26. The number of aliphatic imine (C=N–C) groups is 1. The van der Waals surface area contributed by atoms with Gasteiger partial charge in [0.1, 0.15) is 0 Å². The van der Waals surface area contributed by atoms with E-state index in [1.165, 1.54) is 0 Å². The monoisotopic (exact) mass is 423 g/mol. The molecule has 1 aliphatic carbocycles. The van der Waals surface area contributed by atoms with Crippen molar-refractivity contribution in [2.45, 2.75) is 46.3 Å². The maximum Gasteiger partial charge on any atom is 0.191 e. The van der Waals surface area contributed by atoms with Gasteiger partial charge in [-0.15, -0.1) is 24.0 Å². The van der Waals surface area contributed by atoms with Crippen LogP contribution in [0, 0.1) is 16.7 Å². The Bertz CT molecular complexity index is 424. The van der Waals surface area contributed by atoms with Crippen LogP contribution in [0.15, 0.2) is 4.99 Å². The van der Waals surface area contributed by atoms with E-state index >= 15 is 0 Å². The van der Waals surface area contributed by atoms with Crippen molar-refractivity contribution in [3.63, 3.8) is 0 Å². The Morgan fingerprint density at radius 1 is 1.27 bits per heavy atom. The van der Waals surface area contributed by atoms with Gasteiger partial charge in [0.2, 0.25) is 0 Å². The highest BCUT2D eigenvalue weighted by molar-refractivity contribution is 14.0. The van der Waals surface area contributed by atoms with Crippen LogP contribution in [0.3, 0.4) is 0 Å². The molecule has 3 unspecified atom stereocenters. The van der Waals surface area contributed by atoms with Gasteiger partial charge in [-0.2, -0.15) is 0 Å². The van der Waals surface area contributed by atoms with E-state index in [0.717, 1.165) is 45.3 Å². The fraction of sp³-hybridized carbons (Fsp3) is 0.938. The smallest absolute Gasteiger partial charge is 0.191 e. The maximum absolute atomic E-state index is 5.86. The Balaban J connectivity index is 0.00000176. The van der Waals surface area contributed by atoms with E-state index in [9.17, 15) is 0 Å². The van der Waals surface area contributed by atoms with Gasteiger partial charge >= 0.3 is 0 Å². The minimum Gasteiger partial charge on any atom is -0.380 e. The number of rotatable bonds is 4. The number of halogens is 1. The molecule has 0 bridgehead atoms. The summed E-state index contributed by atoms with van der Waals surface area (Å²) in [6.45, 7) is 13.2. The predicted octanol–water partition coefficient (Wildman–Crippen LogP) is 2.01. The molecule has 2 aliphatic heterocycles. The Morgan fingerprint density at radius 3 is 2.59 bits per heavy atom. The Hall–Kier alpha value is -0.0800. The van der Waals surface area contributed by atoms with Crippen LogP contribution < -0.4 is 10.6 Å². The van der Waals surface area contributed by atoms with Crippen molar-refractivity contribution < 1.29 is 9.47 Å². The number of ether oxygens (including phenoxy) is 2. The van der Waals surface area contributed by atoms with Crippen molar-refractivity contribution in [1.29, 1.82) is 0 Å². The molecule has 22 heavy (non-hydrogen) atoms. The van der Waals surface area contributed by atoms with Gasteiger partial charge in [-0.1, -0.05) is 20.8 Å². The van der Waals surface area contributed by atoms with Gasteiger partial charge in [0, 0.05) is 35.9 Å². The molecule has 6 heteroatoms. The van der Waals surface area contributed by atoms with Gasteiger partial charge in [-0.3, -0.25) is 4.99 Å². The quantitative estimate of drug-likeness (QED) is 0.413. The molecule has 0 aromatic rings. The fourth-order valence-corrected chi connectivity index (χ4v) is 3.90. The van der Waals surface area contributed by atoms with Crippen molar-refractivity contribution in [2.75, 3.05) is 32.9 Å². The third-order valence-electron chi connectivity index (χ3n) is 5.26. The molecule has 0 aromatic carbocycles. The standard InChI is InChI=1S/C16H29N3O2.HI/c1-5-17-14(18-8-16(4)9-20-10-16)19-12-11-6-7-21-13(11)15(12,2)3;/h11-13H,5-10H2,1-4H3,(H2,17,18,19);1H. The van der Waals surface area contributed by atoms with E-state index in [-0.39, 0.29) is 34.8 Å². The van der Waals surface area contributed by atoms with E-state index < -0.39 is 0 Å². The van der Waals surface area contributed by atoms with Crippen molar-refractivity contribution in [3.05, 3.63) is 0 Å². The molecule has 3 atom stereocenters. The second-order valence-corrected chi connectivity index (χ2v) is 7.69. The molecule has 2 N–H and O–H groups in total. The van der Waals surface area contributed by atoms with Crippen molar-refractivity contribution in [2.24, 2.45) is 21.7 Å². The van der Waals surface area contributed by atoms with Gasteiger partial charge in [0.15, 0.2) is 5.96 Å². The third kappa shape index (κ3) is 3.24. The van der Waals surface area contributed by atoms with E-state index in [2.05, 4.69) is 38.3 Å². The van der Waals surface area contributed by atoms with Crippen LogP contribution in [0.25, 0.3) is 0 Å². The zero-order valence-corrected chi connectivity index (χ0v) is 16.5. The lowest BCUT2D eigenvalue weighted by atomic mass is 9.57. The van der Waals surface area contributed by atoms with Crippen LogP contribution in [0.2, 0.25) is 0 Å². The lowest BCUT2D eigenvalue weighted by molar-refractivity contribution is -0.107. The zero-order valence-electron chi connectivity index (χ0n) is 14.1. The van der Waals surface area contributed by atoms with Crippen LogP contribution >= 0.6 is 24.0 Å². The molecule has 2 saturated heterocycles. The molecule has 2 heterocycles. The first-order chi connectivity index (χ1) is 9.96. The number of nitrogens with zero attached hydrogens (tertiary/aromatic N) is 1. The van der Waals surface area contributed by atoms with Gasteiger partial charge < -0.3 is 20.1 Å². The van der Waals surface area contributed by atoms with Crippen molar-refractivity contribution in [1.82, 2.24) is 10.6 Å². The van der Waals surface area contributed by atoms with E-state index in [4.69, 9.17) is 14.5 Å². The number of fused-ring (bicyclic) bond motifs is 1. The Morgan fingerprint density at radius 2 is 2.00 bits per heavy atom. The molecule has 0 radical (unpaired) electrons. The number of nitrogens with one attached hydrogen (secondary N) is 2. The van der Waals surface area contributed by atoms with Gasteiger partial charge in [0.05, 0.1) is 25.9 Å². The van der Waals surface area contributed by atoms with Crippen LogP contribution in [0.4, 0.5) is 0 Å². The summed E-state index contributed by atoms with van der Waals surface area (Å²) >= 11 is 0. The summed E-state index contributed by atoms with van der Waals surface area (Å²) < 4.78 is 11.2. The van der Waals surface area contributed by atoms with Gasteiger partial charge in [0.25, 0.3) is 0 Å². The molecule has 3 aliphatic rings. The molecule has 1 saturated carbocycles. The zero-order chi connectivity index (χ0) is 15.1. The van der Waals surface area contributed by atoms with Crippen molar-refractivity contribution >= 4 is 29.9 Å². The normalized spacial score (nSPS) is 34.7. The fourth-order valence-electron chi connectivity index (χ4n) is 3.90. The van der Waals surface area contributed by atoms with Crippen LogP contribution in [-0.2, 0) is 9.47 Å². The summed E-state index contributed by atoms with van der Waals surface area (Å²) in [5, 5.41) is 7.03. The van der Waals surface area contributed by atoms with E-state index in [1.54, 1.807) is 0 Å². The minimum atomic E-state index is 0. The second-order valence-electron chi connectivity index (χ2n) is 7.69. The molecular formula is C16H30IN3O2. The lowest BCUT2D eigenvalue weighted by Crippen LogP contribution is -2.68. The summed E-state index contributed by atoms with van der Waals surface area (Å²) in [5.74, 6) is 1.57. The highest BCUT2D eigenvalue weighted by Gasteiger charge is 2.59. The molecule has 0 aromatic heterocycles. The molecule has 128 valence electrons. The molecule has 3 fully saturated rings. The summed E-state index contributed by atoms with van der Waals surface area (Å²) in [5.41, 5.74) is 0.400. The second kappa shape index (κ2) is 6.81. The average Bonchev–Trinajstić information content (AvgIpc) is 2.86. The highest BCUT2D eigenvalue weighted by Crippen LogP contribution is 2.52. The Kier molecular flexibility index (Phi) is 5.65. The predicted molar refractivity (Wildman–Crippen MR) is 98.9 cm³/mol. The number of hydrogen-bond donors (Lipinski definition) is 2. The summed E-state index contributed by atoms with van der Waals surface area (Å²) in [4.78, 5) is 4.78. The topological polar surface area (TPSA) is 54.9 Å². The molecule has 0 amide bonds. The Labute approximate surface area is 151 Å². The SMILES string of the molecule is CCNC(=NCC1(C)COC1)NC1C2CCOC2C1(C)C.I. The average molecular weight is 423 g/mol. The summed E-state index contributed by atoms with van der Waals surface area (Å²) in [6, 6.07) is 0.452.